The summed E-state index contributed by atoms with van der Waals surface area (Å²) in [6, 6.07) is 19.1. The number of ether oxygens (including phenoxy) is 3. The second-order valence-corrected chi connectivity index (χ2v) is 10.4. The molecule has 0 saturated heterocycles. The molecule has 1 amide bonds. The number of hydrogen-bond donors (Lipinski definition) is 1. The van der Waals surface area contributed by atoms with Gasteiger partial charge in [0.15, 0.2) is 11.5 Å². The lowest BCUT2D eigenvalue weighted by Gasteiger charge is -2.21. The normalized spacial score (nSPS) is 11.3. The molecular weight excluding hydrogens is 530 g/mol. The van der Waals surface area contributed by atoms with Gasteiger partial charge in [0.25, 0.3) is 5.91 Å². The highest BCUT2D eigenvalue weighted by molar-refractivity contribution is 7.92. The van der Waals surface area contributed by atoms with Gasteiger partial charge in [-0.15, -0.1) is 0 Å². The minimum absolute atomic E-state index is 0.315. The molecule has 0 spiro atoms. The number of hydrogen-bond acceptors (Lipinski definition) is 7. The van der Waals surface area contributed by atoms with Gasteiger partial charge in [-0.1, -0.05) is 23.7 Å². The smallest absolute Gasteiger partial charge is 0.260 e. The van der Waals surface area contributed by atoms with Gasteiger partial charge in [0.1, 0.15) is 18.9 Å². The van der Waals surface area contributed by atoms with Gasteiger partial charge in [-0.3, -0.25) is 9.10 Å². The Labute approximate surface area is 228 Å². The van der Waals surface area contributed by atoms with Gasteiger partial charge < -0.3 is 14.2 Å². The third kappa shape index (κ3) is 8.67. The molecule has 11 heteroatoms. The third-order valence-electron chi connectivity index (χ3n) is 5.08. The summed E-state index contributed by atoms with van der Waals surface area (Å²) in [6.07, 6.45) is 2.47. The fraction of sp³-hybridized carbons (Fsp3) is 0.259. The molecule has 9 nitrogen and oxygen atoms in total. The van der Waals surface area contributed by atoms with Crippen LogP contribution in [0.4, 0.5) is 5.69 Å². The number of amides is 1. The van der Waals surface area contributed by atoms with Gasteiger partial charge in [0, 0.05) is 5.02 Å². The predicted molar refractivity (Wildman–Crippen MR) is 149 cm³/mol. The maximum absolute atomic E-state index is 12.5. The van der Waals surface area contributed by atoms with Gasteiger partial charge >= 0.3 is 0 Å². The lowest BCUT2D eigenvalue weighted by Crippen LogP contribution is -2.39. The summed E-state index contributed by atoms with van der Waals surface area (Å²) in [5.74, 6) is 1.06. The van der Waals surface area contributed by atoms with Crippen LogP contribution in [0.2, 0.25) is 5.02 Å². The van der Waals surface area contributed by atoms with Gasteiger partial charge in [-0.25, -0.2) is 13.8 Å². The zero-order valence-corrected chi connectivity index (χ0v) is 23.0. The standard InChI is InChI=1S/C27H30ClN3O6S/c1-4-35-24-12-10-23(11-13-24)31(38(3,33)34)18-27(32)30-29-17-20-9-14-25(26(16-20)36-5-2)37-19-21-7-6-8-22(28)15-21/h6-17H,4-5,18-19H2,1-3H3,(H,30,32)/b29-17-. The number of carbonyl (C=O) groups excluding carboxylic acids is 1. The van der Waals surface area contributed by atoms with Crippen LogP contribution in [0.5, 0.6) is 17.2 Å². The molecule has 0 aliphatic rings. The van der Waals surface area contributed by atoms with Crippen LogP contribution in [-0.4, -0.2) is 46.6 Å². The van der Waals surface area contributed by atoms with E-state index in [1.165, 1.54) is 6.21 Å². The first-order chi connectivity index (χ1) is 18.2. The van der Waals surface area contributed by atoms with Gasteiger partial charge in [0.2, 0.25) is 10.0 Å². The zero-order valence-electron chi connectivity index (χ0n) is 21.4. The van der Waals surface area contributed by atoms with Crippen molar-refractivity contribution < 1.29 is 27.4 Å². The van der Waals surface area contributed by atoms with Crippen molar-refractivity contribution in [2.24, 2.45) is 5.10 Å². The number of halogens is 1. The first-order valence-corrected chi connectivity index (χ1v) is 14.1. The fourth-order valence-corrected chi connectivity index (χ4v) is 4.47. The summed E-state index contributed by atoms with van der Waals surface area (Å²) in [5.41, 5.74) is 4.27. The molecule has 0 saturated carbocycles. The van der Waals surface area contributed by atoms with Crippen molar-refractivity contribution >= 4 is 39.4 Å². The number of hydrazone groups is 1. The fourth-order valence-electron chi connectivity index (χ4n) is 3.40. The molecule has 202 valence electrons. The molecule has 0 aromatic heterocycles. The Morgan fingerprint density at radius 2 is 1.71 bits per heavy atom. The van der Waals surface area contributed by atoms with Crippen LogP contribution in [0, 0.1) is 0 Å². The summed E-state index contributed by atoms with van der Waals surface area (Å²) in [5, 5.41) is 4.59. The van der Waals surface area contributed by atoms with Crippen molar-refractivity contribution in [2.45, 2.75) is 20.5 Å². The van der Waals surface area contributed by atoms with E-state index in [1.807, 2.05) is 32.0 Å². The second kappa shape index (κ2) is 13.7. The van der Waals surface area contributed by atoms with Gasteiger partial charge in [-0.2, -0.15) is 5.10 Å². The summed E-state index contributed by atoms with van der Waals surface area (Å²) in [4.78, 5) is 12.5. The quantitative estimate of drug-likeness (QED) is 0.242. The van der Waals surface area contributed by atoms with Crippen LogP contribution >= 0.6 is 11.6 Å². The maximum Gasteiger partial charge on any atom is 0.260 e. The van der Waals surface area contributed by atoms with Crippen LogP contribution in [0.1, 0.15) is 25.0 Å². The maximum atomic E-state index is 12.5. The number of anilines is 1. The Bertz CT molecular complexity index is 1360. The molecule has 0 heterocycles. The van der Waals surface area contributed by atoms with E-state index < -0.39 is 22.5 Å². The molecule has 3 aromatic carbocycles. The molecule has 38 heavy (non-hydrogen) atoms. The number of benzene rings is 3. The molecule has 0 aliphatic heterocycles. The zero-order chi connectivity index (χ0) is 27.5. The Morgan fingerprint density at radius 3 is 2.37 bits per heavy atom. The minimum Gasteiger partial charge on any atom is -0.494 e. The van der Waals surface area contributed by atoms with Crippen molar-refractivity contribution in [2.75, 3.05) is 30.3 Å². The van der Waals surface area contributed by atoms with Crippen molar-refractivity contribution in [3.05, 3.63) is 82.9 Å². The minimum atomic E-state index is -3.72. The Hall–Kier alpha value is -3.76. The summed E-state index contributed by atoms with van der Waals surface area (Å²) >= 11 is 6.03. The Balaban J connectivity index is 1.64. The van der Waals surface area contributed by atoms with E-state index in [0.717, 1.165) is 16.1 Å². The number of sulfonamides is 1. The number of carbonyl (C=O) groups is 1. The van der Waals surface area contributed by atoms with Crippen LogP contribution in [0.25, 0.3) is 0 Å². The highest BCUT2D eigenvalue weighted by atomic mass is 35.5. The summed E-state index contributed by atoms with van der Waals surface area (Å²) < 4.78 is 42.6. The molecule has 1 N–H and O–H groups in total. The third-order valence-corrected chi connectivity index (χ3v) is 6.45. The average molecular weight is 560 g/mol. The van der Waals surface area contributed by atoms with Crippen molar-refractivity contribution in [1.82, 2.24) is 5.43 Å². The van der Waals surface area contributed by atoms with Crippen molar-refractivity contribution in [1.29, 1.82) is 0 Å². The topological polar surface area (TPSA) is 107 Å². The molecule has 0 bridgehead atoms. The summed E-state index contributed by atoms with van der Waals surface area (Å²) in [7, 11) is -3.72. The van der Waals surface area contributed by atoms with E-state index in [4.69, 9.17) is 25.8 Å². The first kappa shape index (κ1) is 28.8. The van der Waals surface area contributed by atoms with E-state index >= 15 is 0 Å². The molecule has 3 rings (SSSR count). The van der Waals surface area contributed by atoms with Crippen LogP contribution in [0.15, 0.2) is 71.8 Å². The van der Waals surface area contributed by atoms with Crippen molar-refractivity contribution in [3.8, 4) is 17.2 Å². The number of nitrogens with one attached hydrogen (secondary N) is 1. The lowest BCUT2D eigenvalue weighted by atomic mass is 10.2. The molecule has 3 aromatic rings. The SMILES string of the molecule is CCOc1ccc(N(CC(=O)N/N=C\c2ccc(OCc3cccc(Cl)c3)c(OCC)c2)S(C)(=O)=O)cc1. The van der Waals surface area contributed by atoms with E-state index in [9.17, 15) is 13.2 Å². The predicted octanol–water partition coefficient (Wildman–Crippen LogP) is 4.63. The van der Waals surface area contributed by atoms with E-state index in [-0.39, 0.29) is 0 Å². The number of rotatable bonds is 13. The highest BCUT2D eigenvalue weighted by Gasteiger charge is 2.20. The van der Waals surface area contributed by atoms with Gasteiger partial charge in [0.05, 0.1) is 31.4 Å². The lowest BCUT2D eigenvalue weighted by molar-refractivity contribution is -0.119. The Morgan fingerprint density at radius 1 is 0.974 bits per heavy atom. The van der Waals surface area contributed by atoms with Gasteiger partial charge in [-0.05, 0) is 79.6 Å². The van der Waals surface area contributed by atoms with E-state index in [0.29, 0.717) is 53.3 Å². The summed E-state index contributed by atoms with van der Waals surface area (Å²) in [6.45, 7) is 4.50. The monoisotopic (exact) mass is 559 g/mol. The molecule has 0 radical (unpaired) electrons. The Kier molecular flexibility index (Phi) is 10.4. The average Bonchev–Trinajstić information content (AvgIpc) is 2.87. The van der Waals surface area contributed by atoms with Crippen LogP contribution in [0.3, 0.4) is 0 Å². The van der Waals surface area contributed by atoms with E-state index in [1.54, 1.807) is 48.5 Å². The number of nitrogens with zero attached hydrogens (tertiary/aromatic N) is 2. The molecular formula is C27H30ClN3O6S. The first-order valence-electron chi connectivity index (χ1n) is 11.9. The molecule has 0 unspecified atom stereocenters. The highest BCUT2D eigenvalue weighted by Crippen LogP contribution is 2.29. The second-order valence-electron chi connectivity index (χ2n) is 8.05. The molecule has 0 fully saturated rings. The molecule has 0 aliphatic carbocycles. The van der Waals surface area contributed by atoms with Crippen LogP contribution < -0.4 is 23.9 Å². The van der Waals surface area contributed by atoms with Crippen molar-refractivity contribution in [3.63, 3.8) is 0 Å². The van der Waals surface area contributed by atoms with Crippen LogP contribution in [-0.2, 0) is 21.4 Å². The largest absolute Gasteiger partial charge is 0.494 e. The molecule has 0 atom stereocenters. The van der Waals surface area contributed by atoms with E-state index in [2.05, 4.69) is 10.5 Å².